The Hall–Kier alpha value is -2.34. The zero-order valence-corrected chi connectivity index (χ0v) is 10.8. The van der Waals surface area contributed by atoms with Gasteiger partial charge in [0.1, 0.15) is 23.0 Å². The largest absolute Gasteiger partial charge is 0.438 e. The molecule has 0 spiro atoms. The normalized spacial score (nSPS) is 10.2. The van der Waals surface area contributed by atoms with Gasteiger partial charge in [-0.3, -0.25) is 4.79 Å². The number of carbonyl (C=O) groups excluding carboxylic acids is 1. The Labute approximate surface area is 114 Å². The van der Waals surface area contributed by atoms with Crippen molar-refractivity contribution in [2.24, 2.45) is 0 Å². The quantitative estimate of drug-likeness (QED) is 0.659. The van der Waals surface area contributed by atoms with Crippen LogP contribution in [0.2, 0.25) is 5.02 Å². The molecule has 1 aromatic carbocycles. The highest BCUT2D eigenvalue weighted by molar-refractivity contribution is 6.33. The van der Waals surface area contributed by atoms with Gasteiger partial charge in [-0.1, -0.05) is 11.6 Å². The fourth-order valence-corrected chi connectivity index (χ4v) is 1.62. The van der Waals surface area contributed by atoms with E-state index in [2.05, 4.69) is 9.97 Å². The number of rotatable bonds is 3. The Morgan fingerprint density at radius 2 is 2.05 bits per heavy atom. The van der Waals surface area contributed by atoms with Crippen LogP contribution in [0.1, 0.15) is 16.2 Å². The standard InChI is InChI=1S/C12H11ClN4O2/c1-6-16-11(15)8(5-18)12(17-6)19-7-2-3-10(14)9(13)4-7/h2-5H,14H2,1H3,(H2,15,16,17). The molecule has 0 aliphatic carbocycles. The zero-order valence-electron chi connectivity index (χ0n) is 10.1. The number of nitrogen functional groups attached to an aromatic ring is 2. The summed E-state index contributed by atoms with van der Waals surface area (Å²) in [5.74, 6) is 0.958. The average molecular weight is 279 g/mol. The lowest BCUT2D eigenvalue weighted by molar-refractivity contribution is 0.112. The number of nitrogens with zero attached hydrogens (tertiary/aromatic N) is 2. The number of hydrogen-bond acceptors (Lipinski definition) is 6. The van der Waals surface area contributed by atoms with Crippen molar-refractivity contribution in [3.8, 4) is 11.6 Å². The fraction of sp³-hybridized carbons (Fsp3) is 0.0833. The first-order valence-electron chi connectivity index (χ1n) is 5.33. The molecule has 4 N–H and O–H groups in total. The van der Waals surface area contributed by atoms with E-state index >= 15 is 0 Å². The van der Waals surface area contributed by atoms with E-state index in [1.807, 2.05) is 0 Å². The van der Waals surface area contributed by atoms with Gasteiger partial charge >= 0.3 is 0 Å². The second-order valence-corrected chi connectivity index (χ2v) is 4.19. The number of aldehydes is 1. The van der Waals surface area contributed by atoms with Gasteiger partial charge in [0.15, 0.2) is 6.29 Å². The van der Waals surface area contributed by atoms with Crippen molar-refractivity contribution >= 4 is 29.4 Å². The van der Waals surface area contributed by atoms with Gasteiger partial charge in [0, 0.05) is 6.07 Å². The van der Waals surface area contributed by atoms with Gasteiger partial charge in [-0.15, -0.1) is 0 Å². The smallest absolute Gasteiger partial charge is 0.235 e. The van der Waals surface area contributed by atoms with Gasteiger partial charge in [-0.2, -0.15) is 4.98 Å². The first kappa shape index (κ1) is 13.1. The van der Waals surface area contributed by atoms with Crippen molar-refractivity contribution in [3.63, 3.8) is 0 Å². The summed E-state index contributed by atoms with van der Waals surface area (Å²) in [5, 5.41) is 0.351. The van der Waals surface area contributed by atoms with Crippen molar-refractivity contribution in [2.75, 3.05) is 11.5 Å². The maximum atomic E-state index is 11.0. The lowest BCUT2D eigenvalue weighted by atomic mass is 10.3. The van der Waals surface area contributed by atoms with E-state index in [0.717, 1.165) is 0 Å². The minimum atomic E-state index is 0.0686. The van der Waals surface area contributed by atoms with Gasteiger partial charge in [0.25, 0.3) is 0 Å². The van der Waals surface area contributed by atoms with Gasteiger partial charge < -0.3 is 16.2 Å². The van der Waals surface area contributed by atoms with Crippen LogP contribution in [-0.2, 0) is 0 Å². The summed E-state index contributed by atoms with van der Waals surface area (Å²) >= 11 is 5.88. The minimum Gasteiger partial charge on any atom is -0.438 e. The van der Waals surface area contributed by atoms with Crippen LogP contribution >= 0.6 is 11.6 Å². The van der Waals surface area contributed by atoms with Crippen molar-refractivity contribution < 1.29 is 9.53 Å². The van der Waals surface area contributed by atoms with Crippen molar-refractivity contribution in [1.82, 2.24) is 9.97 Å². The Morgan fingerprint density at radius 3 is 2.68 bits per heavy atom. The van der Waals surface area contributed by atoms with Crippen LogP contribution in [-0.4, -0.2) is 16.3 Å². The summed E-state index contributed by atoms with van der Waals surface area (Å²) in [6.45, 7) is 1.65. The highest BCUT2D eigenvalue weighted by atomic mass is 35.5. The van der Waals surface area contributed by atoms with E-state index < -0.39 is 0 Å². The molecule has 1 aromatic heterocycles. The maximum Gasteiger partial charge on any atom is 0.235 e. The van der Waals surface area contributed by atoms with Crippen LogP contribution in [0.5, 0.6) is 11.6 Å². The number of nitrogens with two attached hydrogens (primary N) is 2. The topological polar surface area (TPSA) is 104 Å². The molecule has 6 nitrogen and oxygen atoms in total. The average Bonchev–Trinajstić information content (AvgIpc) is 2.33. The van der Waals surface area contributed by atoms with Crippen LogP contribution in [0, 0.1) is 6.92 Å². The number of hydrogen-bond donors (Lipinski definition) is 2. The molecule has 0 radical (unpaired) electrons. The van der Waals surface area contributed by atoms with Crippen LogP contribution < -0.4 is 16.2 Å². The summed E-state index contributed by atoms with van der Waals surface area (Å²) in [6, 6.07) is 4.73. The summed E-state index contributed by atoms with van der Waals surface area (Å²) in [7, 11) is 0. The van der Waals surface area contributed by atoms with E-state index in [0.29, 0.717) is 28.6 Å². The van der Waals surface area contributed by atoms with Crippen molar-refractivity contribution in [2.45, 2.75) is 6.92 Å². The maximum absolute atomic E-state index is 11.0. The number of anilines is 2. The van der Waals surface area contributed by atoms with Crippen LogP contribution in [0.4, 0.5) is 11.5 Å². The number of aromatic nitrogens is 2. The highest BCUT2D eigenvalue weighted by Gasteiger charge is 2.13. The second kappa shape index (κ2) is 5.11. The van der Waals surface area contributed by atoms with Gasteiger partial charge in [0.05, 0.1) is 10.7 Å². The van der Waals surface area contributed by atoms with E-state index in [4.69, 9.17) is 27.8 Å². The van der Waals surface area contributed by atoms with Crippen molar-refractivity contribution in [1.29, 1.82) is 0 Å². The molecule has 2 aromatic rings. The lowest BCUT2D eigenvalue weighted by Gasteiger charge is -2.09. The Kier molecular flexibility index (Phi) is 3.52. The summed E-state index contributed by atoms with van der Waals surface area (Å²) in [6.07, 6.45) is 0.545. The molecule has 0 bridgehead atoms. The third-order valence-corrected chi connectivity index (χ3v) is 2.68. The highest BCUT2D eigenvalue weighted by Crippen LogP contribution is 2.29. The number of benzene rings is 1. The minimum absolute atomic E-state index is 0.0686. The fourth-order valence-electron chi connectivity index (χ4n) is 1.45. The third kappa shape index (κ3) is 2.74. The Balaban J connectivity index is 2.42. The molecule has 19 heavy (non-hydrogen) atoms. The predicted molar refractivity (Wildman–Crippen MR) is 72.5 cm³/mol. The second-order valence-electron chi connectivity index (χ2n) is 3.78. The van der Waals surface area contributed by atoms with Gasteiger partial charge in [-0.25, -0.2) is 4.98 Å². The molecule has 98 valence electrons. The number of aryl methyl sites for hydroxylation is 1. The molecule has 7 heteroatoms. The molecule has 0 amide bonds. The molecule has 0 fully saturated rings. The molecular weight excluding hydrogens is 268 g/mol. The molecular formula is C12H11ClN4O2. The van der Waals surface area contributed by atoms with Crippen LogP contribution in [0.15, 0.2) is 18.2 Å². The van der Waals surface area contributed by atoms with Crippen molar-refractivity contribution in [3.05, 3.63) is 34.6 Å². The van der Waals surface area contributed by atoms with Gasteiger partial charge in [0.2, 0.25) is 5.88 Å². The molecule has 2 rings (SSSR count). The van der Waals surface area contributed by atoms with E-state index in [9.17, 15) is 4.79 Å². The summed E-state index contributed by atoms with van der Waals surface area (Å²) < 4.78 is 5.50. The van der Waals surface area contributed by atoms with E-state index in [1.54, 1.807) is 19.1 Å². The number of halogens is 1. The third-order valence-electron chi connectivity index (χ3n) is 2.36. The zero-order chi connectivity index (χ0) is 14.0. The summed E-state index contributed by atoms with van der Waals surface area (Å²) in [4.78, 5) is 18.9. The van der Waals surface area contributed by atoms with E-state index in [1.165, 1.54) is 6.07 Å². The molecule has 0 saturated heterocycles. The van der Waals surface area contributed by atoms with Crippen LogP contribution in [0.3, 0.4) is 0 Å². The molecule has 0 atom stereocenters. The van der Waals surface area contributed by atoms with Gasteiger partial charge in [-0.05, 0) is 19.1 Å². The molecule has 0 aliphatic rings. The molecule has 0 unspecified atom stereocenters. The van der Waals surface area contributed by atoms with Crippen LogP contribution in [0.25, 0.3) is 0 Å². The first-order chi connectivity index (χ1) is 9.01. The SMILES string of the molecule is Cc1nc(N)c(C=O)c(Oc2ccc(N)c(Cl)c2)n1. The predicted octanol–water partition coefficient (Wildman–Crippen LogP) is 2.21. The monoisotopic (exact) mass is 278 g/mol. The number of carbonyl (C=O) groups is 1. The molecule has 1 heterocycles. The van der Waals surface area contributed by atoms with E-state index in [-0.39, 0.29) is 17.3 Å². The number of ether oxygens (including phenoxy) is 1. The molecule has 0 saturated carbocycles. The Bertz CT molecular complexity index is 646. The summed E-state index contributed by atoms with van der Waals surface area (Å²) in [5.41, 5.74) is 11.8. The molecule has 0 aliphatic heterocycles. The lowest BCUT2D eigenvalue weighted by Crippen LogP contribution is -2.04. The first-order valence-corrected chi connectivity index (χ1v) is 5.71. The Morgan fingerprint density at radius 1 is 1.32 bits per heavy atom.